The zero-order chi connectivity index (χ0) is 18.4. The van der Waals surface area contributed by atoms with Gasteiger partial charge in [0.25, 0.3) is 0 Å². The summed E-state index contributed by atoms with van der Waals surface area (Å²) < 4.78 is 0. The first-order valence-corrected chi connectivity index (χ1v) is 8.10. The number of nitrogens with one attached hydrogen (secondary N) is 2. The Morgan fingerprint density at radius 3 is 2.54 bits per heavy atom. The van der Waals surface area contributed by atoms with E-state index in [4.69, 9.17) is 4.84 Å². The molecule has 0 atom stereocenters. The van der Waals surface area contributed by atoms with Gasteiger partial charge in [0.1, 0.15) is 0 Å². The maximum absolute atomic E-state index is 4.92. The number of hydrogen-bond acceptors (Lipinski definition) is 7. The molecule has 2 N–H and O–H groups in total. The van der Waals surface area contributed by atoms with Crippen molar-refractivity contribution in [3.63, 3.8) is 0 Å². The number of aryl methyl sites for hydroxylation is 2. The Balaban J connectivity index is 1.83. The molecular weight excluding hydrogens is 328 g/mol. The van der Waals surface area contributed by atoms with Crippen molar-refractivity contribution >= 4 is 18.0 Å². The summed E-state index contributed by atoms with van der Waals surface area (Å²) >= 11 is 0. The standard InChI is InChI=1S/C19H20N6O/c1-13-4-5-15(10-14(13)2)12-21-24-18-11-17(16-6-8-20-9-7-16)22-19(23-18)25-26-3/h4-12H,1-3H3,(H2,22,23,24,25). The van der Waals surface area contributed by atoms with E-state index in [0.717, 1.165) is 16.8 Å². The quantitative estimate of drug-likeness (QED) is 0.523. The first-order valence-electron chi connectivity index (χ1n) is 8.10. The van der Waals surface area contributed by atoms with Crippen molar-refractivity contribution in [1.82, 2.24) is 15.0 Å². The molecule has 0 bridgehead atoms. The third-order valence-corrected chi connectivity index (χ3v) is 3.82. The maximum atomic E-state index is 4.92. The van der Waals surface area contributed by atoms with E-state index in [0.29, 0.717) is 11.8 Å². The van der Waals surface area contributed by atoms with Crippen LogP contribution in [-0.4, -0.2) is 28.3 Å². The fourth-order valence-electron chi connectivity index (χ4n) is 2.33. The summed E-state index contributed by atoms with van der Waals surface area (Å²) in [7, 11) is 1.51. The molecule has 3 aromatic rings. The number of benzene rings is 1. The fraction of sp³-hybridized carbons (Fsp3) is 0.158. The first-order chi connectivity index (χ1) is 12.7. The summed E-state index contributed by atoms with van der Waals surface area (Å²) in [4.78, 5) is 17.7. The van der Waals surface area contributed by atoms with Gasteiger partial charge in [0, 0.05) is 24.0 Å². The molecular formula is C19H20N6O. The number of rotatable bonds is 6. The van der Waals surface area contributed by atoms with Gasteiger partial charge in [-0.3, -0.25) is 15.2 Å². The van der Waals surface area contributed by atoms with Crippen molar-refractivity contribution in [1.29, 1.82) is 0 Å². The number of aromatic nitrogens is 3. The lowest BCUT2D eigenvalue weighted by atomic mass is 10.1. The molecule has 0 unspecified atom stereocenters. The zero-order valence-electron chi connectivity index (χ0n) is 14.9. The maximum Gasteiger partial charge on any atom is 0.249 e. The minimum Gasteiger partial charge on any atom is -0.277 e. The van der Waals surface area contributed by atoms with Crippen LogP contribution in [0.5, 0.6) is 0 Å². The number of pyridine rings is 1. The number of hydrogen-bond donors (Lipinski definition) is 2. The molecule has 2 aromatic heterocycles. The summed E-state index contributed by atoms with van der Waals surface area (Å²) in [5.41, 5.74) is 10.7. The van der Waals surface area contributed by atoms with Crippen molar-refractivity contribution < 1.29 is 4.84 Å². The second kappa shape index (κ2) is 8.17. The summed E-state index contributed by atoms with van der Waals surface area (Å²) in [6.07, 6.45) is 5.18. The summed E-state index contributed by atoms with van der Waals surface area (Å²) in [6, 6.07) is 11.7. The topological polar surface area (TPSA) is 84.3 Å². The third-order valence-electron chi connectivity index (χ3n) is 3.82. The Morgan fingerprint density at radius 1 is 1.00 bits per heavy atom. The van der Waals surface area contributed by atoms with E-state index < -0.39 is 0 Å². The van der Waals surface area contributed by atoms with E-state index in [1.54, 1.807) is 18.6 Å². The molecule has 0 spiro atoms. The van der Waals surface area contributed by atoms with E-state index in [-0.39, 0.29) is 0 Å². The molecule has 7 heteroatoms. The highest BCUT2D eigenvalue weighted by Gasteiger charge is 2.06. The van der Waals surface area contributed by atoms with Gasteiger partial charge in [-0.2, -0.15) is 10.1 Å². The molecule has 0 radical (unpaired) electrons. The van der Waals surface area contributed by atoms with Crippen LogP contribution in [0.25, 0.3) is 11.3 Å². The fourth-order valence-corrected chi connectivity index (χ4v) is 2.33. The normalized spacial score (nSPS) is 10.9. The van der Waals surface area contributed by atoms with Crippen LogP contribution in [0.2, 0.25) is 0 Å². The van der Waals surface area contributed by atoms with Crippen molar-refractivity contribution in [2.24, 2.45) is 5.10 Å². The number of nitrogens with zero attached hydrogens (tertiary/aromatic N) is 4. The Hall–Kier alpha value is -3.32. The lowest BCUT2D eigenvalue weighted by Gasteiger charge is -2.08. The van der Waals surface area contributed by atoms with Crippen LogP contribution in [0.15, 0.2) is 53.9 Å². The highest BCUT2D eigenvalue weighted by Crippen LogP contribution is 2.20. The third kappa shape index (κ3) is 4.40. The average molecular weight is 348 g/mol. The van der Waals surface area contributed by atoms with Gasteiger partial charge < -0.3 is 0 Å². The average Bonchev–Trinajstić information content (AvgIpc) is 2.65. The molecule has 0 saturated carbocycles. The minimum atomic E-state index is 0.339. The van der Waals surface area contributed by atoms with Gasteiger partial charge in [-0.15, -0.1) is 0 Å². The van der Waals surface area contributed by atoms with Gasteiger partial charge in [0.15, 0.2) is 5.82 Å². The van der Waals surface area contributed by atoms with Gasteiger partial charge >= 0.3 is 0 Å². The Bertz CT molecular complexity index is 911. The summed E-state index contributed by atoms with van der Waals surface area (Å²) in [5, 5.41) is 4.27. The monoisotopic (exact) mass is 348 g/mol. The molecule has 0 amide bonds. The van der Waals surface area contributed by atoms with Crippen molar-refractivity contribution in [3.05, 3.63) is 65.5 Å². The Labute approximate surface area is 152 Å². The molecule has 1 aromatic carbocycles. The minimum absolute atomic E-state index is 0.339. The number of hydrazone groups is 1. The van der Waals surface area contributed by atoms with Crippen LogP contribution in [0.4, 0.5) is 11.8 Å². The van der Waals surface area contributed by atoms with Crippen LogP contribution in [-0.2, 0) is 4.84 Å². The highest BCUT2D eigenvalue weighted by molar-refractivity contribution is 5.80. The van der Waals surface area contributed by atoms with Crippen LogP contribution in [0.1, 0.15) is 16.7 Å². The van der Waals surface area contributed by atoms with E-state index >= 15 is 0 Å². The number of anilines is 2. The second-order valence-electron chi connectivity index (χ2n) is 5.72. The van der Waals surface area contributed by atoms with Gasteiger partial charge in [-0.1, -0.05) is 18.2 Å². The van der Waals surface area contributed by atoms with Gasteiger partial charge in [0.2, 0.25) is 5.95 Å². The SMILES string of the molecule is CONc1nc(NN=Cc2ccc(C)c(C)c2)cc(-c2ccncc2)n1. The van der Waals surface area contributed by atoms with E-state index in [1.165, 1.54) is 18.2 Å². The molecule has 7 nitrogen and oxygen atoms in total. The smallest absolute Gasteiger partial charge is 0.249 e. The van der Waals surface area contributed by atoms with Crippen molar-refractivity contribution in [2.45, 2.75) is 13.8 Å². The molecule has 0 aliphatic heterocycles. The summed E-state index contributed by atoms with van der Waals surface area (Å²) in [6.45, 7) is 4.16. The second-order valence-corrected chi connectivity index (χ2v) is 5.72. The Morgan fingerprint density at radius 2 is 1.81 bits per heavy atom. The largest absolute Gasteiger partial charge is 0.277 e. The first kappa shape index (κ1) is 17.5. The van der Waals surface area contributed by atoms with Crippen LogP contribution in [0.3, 0.4) is 0 Å². The highest BCUT2D eigenvalue weighted by atomic mass is 16.6. The van der Waals surface area contributed by atoms with Crippen molar-refractivity contribution in [2.75, 3.05) is 18.0 Å². The Kier molecular flexibility index (Phi) is 5.50. The van der Waals surface area contributed by atoms with Gasteiger partial charge in [-0.05, 0) is 42.7 Å². The van der Waals surface area contributed by atoms with E-state index in [2.05, 4.69) is 56.9 Å². The van der Waals surface area contributed by atoms with Crippen LogP contribution < -0.4 is 10.9 Å². The molecule has 3 rings (SSSR count). The molecule has 0 fully saturated rings. The molecule has 132 valence electrons. The van der Waals surface area contributed by atoms with Crippen LogP contribution >= 0.6 is 0 Å². The molecule has 0 aliphatic rings. The molecule has 0 aliphatic carbocycles. The zero-order valence-corrected chi connectivity index (χ0v) is 14.9. The predicted octanol–water partition coefficient (Wildman–Crippen LogP) is 3.57. The molecule has 26 heavy (non-hydrogen) atoms. The van der Waals surface area contributed by atoms with E-state index in [9.17, 15) is 0 Å². The summed E-state index contributed by atoms with van der Waals surface area (Å²) in [5.74, 6) is 0.886. The van der Waals surface area contributed by atoms with E-state index in [1.807, 2.05) is 24.3 Å². The lowest BCUT2D eigenvalue weighted by Crippen LogP contribution is -2.04. The molecule has 0 saturated heterocycles. The predicted molar refractivity (Wildman–Crippen MR) is 103 cm³/mol. The van der Waals surface area contributed by atoms with Gasteiger partial charge in [-0.25, -0.2) is 10.5 Å². The van der Waals surface area contributed by atoms with Gasteiger partial charge in [0.05, 0.1) is 19.0 Å². The van der Waals surface area contributed by atoms with Crippen molar-refractivity contribution in [3.8, 4) is 11.3 Å². The van der Waals surface area contributed by atoms with Crippen LogP contribution in [0, 0.1) is 13.8 Å². The lowest BCUT2D eigenvalue weighted by molar-refractivity contribution is 0.267. The molecule has 2 heterocycles.